The molecule has 1 atom stereocenters. The van der Waals surface area contributed by atoms with Gasteiger partial charge in [0.05, 0.1) is 6.04 Å². The van der Waals surface area contributed by atoms with E-state index >= 15 is 0 Å². The number of H-pyrrole nitrogens is 1. The maximum Gasteiger partial charge on any atom is 0.217 e. The molecule has 0 aliphatic carbocycles. The van der Waals surface area contributed by atoms with Gasteiger partial charge in [-0.25, -0.2) is 0 Å². The van der Waals surface area contributed by atoms with E-state index in [-0.39, 0.29) is 11.9 Å². The number of aromatic amines is 1. The van der Waals surface area contributed by atoms with Crippen LogP contribution in [0.4, 0.5) is 0 Å². The molecule has 94 valence electrons. The van der Waals surface area contributed by atoms with Crippen LogP contribution >= 0.6 is 12.2 Å². The van der Waals surface area contributed by atoms with Crippen LogP contribution in [0.2, 0.25) is 0 Å². The Morgan fingerprint density at radius 1 is 1.44 bits per heavy atom. The number of benzene rings is 1. The highest BCUT2D eigenvalue weighted by Crippen LogP contribution is 2.16. The number of nitrogens with one attached hydrogen (secondary N) is 2. The van der Waals surface area contributed by atoms with Crippen LogP contribution in [0, 0.1) is 4.77 Å². The van der Waals surface area contributed by atoms with Gasteiger partial charge in [-0.05, 0) is 31.3 Å². The summed E-state index contributed by atoms with van der Waals surface area (Å²) >= 11 is 5.22. The van der Waals surface area contributed by atoms with Crippen LogP contribution in [-0.2, 0) is 4.79 Å². The topological polar surface area (TPSA) is 62.7 Å². The summed E-state index contributed by atoms with van der Waals surface area (Å²) in [5.41, 5.74) is 0.920. The van der Waals surface area contributed by atoms with Crippen LogP contribution in [-0.4, -0.2) is 20.7 Å². The van der Waals surface area contributed by atoms with Crippen molar-refractivity contribution in [3.63, 3.8) is 0 Å². The lowest BCUT2D eigenvalue weighted by Crippen LogP contribution is -2.26. The normalized spacial score (nSPS) is 12.1. The molecule has 0 radical (unpaired) electrons. The number of nitrogens with zero attached hydrogens (tertiary/aromatic N) is 2. The lowest BCUT2D eigenvalue weighted by atomic mass is 10.2. The minimum absolute atomic E-state index is 0.101. The van der Waals surface area contributed by atoms with Crippen molar-refractivity contribution >= 4 is 18.1 Å². The van der Waals surface area contributed by atoms with E-state index in [0.717, 1.165) is 5.69 Å². The molecule has 6 heteroatoms. The number of carbonyl (C=O) groups is 1. The predicted molar refractivity (Wildman–Crippen MR) is 71.0 cm³/mol. The molecule has 5 nitrogen and oxygen atoms in total. The molecule has 0 saturated carbocycles. The van der Waals surface area contributed by atoms with Crippen molar-refractivity contribution in [3.8, 4) is 5.69 Å². The van der Waals surface area contributed by atoms with Crippen LogP contribution in [0.3, 0.4) is 0 Å². The highest BCUT2D eigenvalue weighted by molar-refractivity contribution is 7.71. The monoisotopic (exact) mass is 262 g/mol. The highest BCUT2D eigenvalue weighted by atomic mass is 32.1. The number of rotatable bonds is 3. The summed E-state index contributed by atoms with van der Waals surface area (Å²) in [7, 11) is 0. The maximum absolute atomic E-state index is 11.1. The van der Waals surface area contributed by atoms with Gasteiger partial charge in [-0.2, -0.15) is 5.10 Å². The number of amides is 1. The molecule has 0 aliphatic heterocycles. The number of carbonyl (C=O) groups excluding carboxylic acids is 1. The Balaban J connectivity index is 2.45. The molecule has 0 aliphatic rings. The zero-order valence-electron chi connectivity index (χ0n) is 10.2. The molecule has 2 N–H and O–H groups in total. The van der Waals surface area contributed by atoms with E-state index in [4.69, 9.17) is 12.2 Å². The quantitative estimate of drug-likeness (QED) is 0.833. The summed E-state index contributed by atoms with van der Waals surface area (Å²) in [6.07, 6.45) is 0. The minimum atomic E-state index is -0.212. The SMILES string of the molecule is CC(=O)N[C@H](C)c1n[nH]c(=S)n1-c1ccccc1. The molecule has 1 aromatic carbocycles. The van der Waals surface area contributed by atoms with E-state index in [1.807, 2.05) is 41.8 Å². The summed E-state index contributed by atoms with van der Waals surface area (Å²) in [5, 5.41) is 9.72. The molecule has 0 saturated heterocycles. The number of aromatic nitrogens is 3. The standard InChI is InChI=1S/C12H14N4OS/c1-8(13-9(2)17)11-14-15-12(18)16(11)10-6-4-3-5-7-10/h3-8H,1-2H3,(H,13,17)(H,15,18)/t8-/m1/s1. The first kappa shape index (κ1) is 12.5. The predicted octanol–water partition coefficient (Wildman–Crippen LogP) is 2.13. The lowest BCUT2D eigenvalue weighted by molar-refractivity contribution is -0.119. The van der Waals surface area contributed by atoms with Gasteiger partial charge in [0.15, 0.2) is 10.6 Å². The van der Waals surface area contributed by atoms with Crippen molar-refractivity contribution in [2.45, 2.75) is 19.9 Å². The summed E-state index contributed by atoms with van der Waals surface area (Å²) < 4.78 is 2.32. The van der Waals surface area contributed by atoms with E-state index < -0.39 is 0 Å². The summed E-state index contributed by atoms with van der Waals surface area (Å²) in [6.45, 7) is 3.34. The molecule has 0 spiro atoms. The van der Waals surface area contributed by atoms with Gasteiger partial charge in [-0.3, -0.25) is 14.5 Å². The second-order valence-corrected chi connectivity index (χ2v) is 4.37. The molecule has 1 amide bonds. The van der Waals surface area contributed by atoms with E-state index in [1.165, 1.54) is 6.92 Å². The number of hydrogen-bond donors (Lipinski definition) is 2. The van der Waals surface area contributed by atoms with E-state index in [2.05, 4.69) is 15.5 Å². The fraction of sp³-hybridized carbons (Fsp3) is 0.250. The zero-order chi connectivity index (χ0) is 13.1. The van der Waals surface area contributed by atoms with E-state index in [0.29, 0.717) is 10.6 Å². The van der Waals surface area contributed by atoms with Crippen molar-refractivity contribution in [1.29, 1.82) is 0 Å². The fourth-order valence-electron chi connectivity index (χ4n) is 1.80. The first-order valence-electron chi connectivity index (χ1n) is 5.59. The fourth-order valence-corrected chi connectivity index (χ4v) is 2.04. The Labute approximate surface area is 110 Å². The first-order chi connectivity index (χ1) is 8.59. The second kappa shape index (κ2) is 5.14. The van der Waals surface area contributed by atoms with Crippen molar-refractivity contribution < 1.29 is 4.79 Å². The average Bonchev–Trinajstić information content (AvgIpc) is 2.71. The van der Waals surface area contributed by atoms with Crippen LogP contribution in [0.1, 0.15) is 25.7 Å². The largest absolute Gasteiger partial charge is 0.347 e. The third-order valence-electron chi connectivity index (χ3n) is 2.52. The van der Waals surface area contributed by atoms with Crippen molar-refractivity contribution in [2.75, 3.05) is 0 Å². The average molecular weight is 262 g/mol. The zero-order valence-corrected chi connectivity index (χ0v) is 11.0. The molecule has 0 fully saturated rings. The molecular formula is C12H14N4OS. The number of para-hydroxylation sites is 1. The van der Waals surface area contributed by atoms with Gasteiger partial charge in [0.1, 0.15) is 0 Å². The number of hydrogen-bond acceptors (Lipinski definition) is 3. The minimum Gasteiger partial charge on any atom is -0.347 e. The van der Waals surface area contributed by atoms with Crippen molar-refractivity contribution in [1.82, 2.24) is 20.1 Å². The third kappa shape index (κ3) is 2.48. The summed E-state index contributed by atoms with van der Waals surface area (Å²) in [4.78, 5) is 11.1. The Morgan fingerprint density at radius 3 is 2.72 bits per heavy atom. The molecule has 2 aromatic rings. The van der Waals surface area contributed by atoms with E-state index in [9.17, 15) is 4.79 Å². The molecule has 0 unspecified atom stereocenters. The van der Waals surface area contributed by atoms with Crippen LogP contribution < -0.4 is 5.32 Å². The van der Waals surface area contributed by atoms with Crippen LogP contribution in [0.5, 0.6) is 0 Å². The summed E-state index contributed by atoms with van der Waals surface area (Å²) in [5.74, 6) is 0.581. The Morgan fingerprint density at radius 2 is 2.11 bits per heavy atom. The molecule has 1 aromatic heterocycles. The van der Waals surface area contributed by atoms with Gasteiger partial charge in [0, 0.05) is 12.6 Å². The van der Waals surface area contributed by atoms with Gasteiger partial charge >= 0.3 is 0 Å². The molecular weight excluding hydrogens is 248 g/mol. The van der Waals surface area contributed by atoms with Gasteiger partial charge in [0.25, 0.3) is 0 Å². The Kier molecular flexibility index (Phi) is 3.57. The molecule has 0 bridgehead atoms. The molecule has 2 rings (SSSR count). The Hall–Kier alpha value is -1.95. The lowest BCUT2D eigenvalue weighted by Gasteiger charge is -2.13. The van der Waals surface area contributed by atoms with Crippen molar-refractivity contribution in [3.05, 3.63) is 40.9 Å². The maximum atomic E-state index is 11.1. The highest BCUT2D eigenvalue weighted by Gasteiger charge is 2.15. The van der Waals surface area contributed by atoms with Crippen LogP contribution in [0.15, 0.2) is 30.3 Å². The van der Waals surface area contributed by atoms with Gasteiger partial charge < -0.3 is 5.32 Å². The second-order valence-electron chi connectivity index (χ2n) is 3.98. The Bertz CT molecular complexity index is 602. The van der Waals surface area contributed by atoms with Crippen LogP contribution in [0.25, 0.3) is 5.69 Å². The molecule has 18 heavy (non-hydrogen) atoms. The van der Waals surface area contributed by atoms with Gasteiger partial charge in [-0.15, -0.1) is 0 Å². The molecule has 1 heterocycles. The summed E-state index contributed by atoms with van der Waals surface area (Å²) in [6, 6.07) is 9.46. The smallest absolute Gasteiger partial charge is 0.217 e. The third-order valence-corrected chi connectivity index (χ3v) is 2.79. The van der Waals surface area contributed by atoms with Gasteiger partial charge in [-0.1, -0.05) is 18.2 Å². The van der Waals surface area contributed by atoms with Crippen molar-refractivity contribution in [2.24, 2.45) is 0 Å². The van der Waals surface area contributed by atoms with Gasteiger partial charge in [0.2, 0.25) is 5.91 Å². The van der Waals surface area contributed by atoms with E-state index in [1.54, 1.807) is 0 Å². The first-order valence-corrected chi connectivity index (χ1v) is 6.00.